The lowest BCUT2D eigenvalue weighted by Gasteiger charge is -2.38. The van der Waals surface area contributed by atoms with Crippen LogP contribution in [0.25, 0.3) is 11.4 Å². The maximum atomic E-state index is 13.4. The number of rotatable bonds is 12. The summed E-state index contributed by atoms with van der Waals surface area (Å²) in [5.74, 6) is 0.835. The number of hydrogen-bond donors (Lipinski definition) is 0. The third-order valence-corrected chi connectivity index (χ3v) is 11.2. The number of piperidine rings is 2. The Morgan fingerprint density at radius 3 is 1.46 bits per heavy atom. The van der Waals surface area contributed by atoms with Crippen molar-refractivity contribution in [1.82, 2.24) is 29.5 Å². The Labute approximate surface area is 310 Å². The number of benzene rings is 2. The second-order valence-corrected chi connectivity index (χ2v) is 15.7. The van der Waals surface area contributed by atoms with E-state index in [2.05, 4.69) is 20.2 Å². The topological polar surface area (TPSA) is 114 Å². The molecule has 266 valence electrons. The predicted octanol–water partition coefficient (Wildman–Crippen LogP) is 6.57. The molecule has 50 heavy (non-hydrogen) atoms. The average Bonchev–Trinajstić information content (AvgIpc) is 3.66. The summed E-state index contributed by atoms with van der Waals surface area (Å²) in [5, 5.41) is 11.8. The van der Waals surface area contributed by atoms with Gasteiger partial charge in [0, 0.05) is 35.7 Å². The standard InChI is InChI=1S/C34H42Cl2N8O4S2/c1-25-37-33(39-41(25)29-13-9-11-27(35)23-29)49-21-19-43(15-5-3-6-16-43)47-31(45)32(46)48-44(17-7-4-8-18-44)20-22-50-34-38-26(2)42(40-34)30-14-10-12-28(36)24-30/h9-14,23-24H,3-8,15-22H2,1-2H3/q+2. The van der Waals surface area contributed by atoms with Crippen molar-refractivity contribution in [1.29, 1.82) is 0 Å². The summed E-state index contributed by atoms with van der Waals surface area (Å²) in [7, 11) is 0. The Kier molecular flexibility index (Phi) is 12.1. The summed E-state index contributed by atoms with van der Waals surface area (Å²) in [4.78, 5) is 48.0. The lowest BCUT2D eigenvalue weighted by atomic mass is 10.1. The zero-order chi connectivity index (χ0) is 35.1. The molecule has 2 aliphatic heterocycles. The minimum absolute atomic E-state index is 0.0884. The SMILES string of the molecule is Cc1nc(SCC[N+]2(OC(=O)C(=O)O[N+]3(CCSc4nc(C)n(-c5cccc(Cl)c5)n4)CCCCC3)CCCCC2)nn1-c1cccc(Cl)c1. The van der Waals surface area contributed by atoms with Crippen molar-refractivity contribution in [2.75, 3.05) is 50.8 Å². The van der Waals surface area contributed by atoms with E-state index in [1.54, 1.807) is 9.36 Å². The second kappa shape index (κ2) is 16.5. The van der Waals surface area contributed by atoms with Crippen LogP contribution in [0.4, 0.5) is 0 Å². The Hall–Kier alpha value is -3.14. The molecule has 0 unspecified atom stereocenters. The molecular formula is C34H42Cl2N8O4S2+2. The van der Waals surface area contributed by atoms with Crippen LogP contribution in [0.1, 0.15) is 50.2 Å². The summed E-state index contributed by atoms with van der Waals surface area (Å²) >= 11 is 15.4. The van der Waals surface area contributed by atoms with E-state index in [-0.39, 0.29) is 9.29 Å². The highest BCUT2D eigenvalue weighted by molar-refractivity contribution is 7.99. The lowest BCUT2D eigenvalue weighted by molar-refractivity contribution is -1.09. The van der Waals surface area contributed by atoms with Gasteiger partial charge in [-0.25, -0.2) is 28.9 Å². The average molecular weight is 762 g/mol. The van der Waals surface area contributed by atoms with Crippen LogP contribution in [0.3, 0.4) is 0 Å². The number of hydrogen-bond acceptors (Lipinski definition) is 10. The Bertz CT molecular complexity index is 1680. The highest BCUT2D eigenvalue weighted by atomic mass is 35.5. The molecule has 0 bridgehead atoms. The van der Waals surface area contributed by atoms with Gasteiger partial charge in [-0.15, -0.1) is 19.5 Å². The van der Waals surface area contributed by atoms with Crippen molar-refractivity contribution in [3.63, 3.8) is 0 Å². The third-order valence-electron chi connectivity index (χ3n) is 9.05. The summed E-state index contributed by atoms with van der Waals surface area (Å²) in [5.41, 5.74) is 1.68. The Morgan fingerprint density at radius 2 is 1.08 bits per heavy atom. The zero-order valence-electron chi connectivity index (χ0n) is 28.3. The minimum Gasteiger partial charge on any atom is -0.263 e. The first-order chi connectivity index (χ1) is 24.1. The van der Waals surface area contributed by atoms with Gasteiger partial charge in [0.05, 0.1) is 22.9 Å². The number of quaternary nitrogens is 2. The van der Waals surface area contributed by atoms with Crippen LogP contribution in [-0.4, -0.2) is 102 Å². The van der Waals surface area contributed by atoms with Crippen LogP contribution in [0.2, 0.25) is 10.0 Å². The van der Waals surface area contributed by atoms with Gasteiger partial charge in [-0.2, -0.15) is 0 Å². The van der Waals surface area contributed by atoms with Crippen LogP contribution < -0.4 is 0 Å². The molecule has 0 N–H and O–H groups in total. The molecule has 2 aromatic heterocycles. The molecule has 2 fully saturated rings. The van der Waals surface area contributed by atoms with E-state index in [9.17, 15) is 9.59 Å². The first-order valence-corrected chi connectivity index (χ1v) is 19.7. The molecule has 16 heteroatoms. The molecule has 0 atom stereocenters. The van der Waals surface area contributed by atoms with E-state index in [0.717, 1.165) is 61.5 Å². The number of aromatic nitrogens is 6. The smallest absolute Gasteiger partial charge is 0.263 e. The normalized spacial score (nSPS) is 17.0. The van der Waals surface area contributed by atoms with Crippen LogP contribution in [0, 0.1) is 13.8 Å². The van der Waals surface area contributed by atoms with E-state index in [0.29, 0.717) is 71.1 Å². The summed E-state index contributed by atoms with van der Waals surface area (Å²) in [6.07, 6.45) is 5.75. The number of hydroxylamine groups is 6. The van der Waals surface area contributed by atoms with Gasteiger partial charge in [0.2, 0.25) is 10.3 Å². The molecule has 12 nitrogen and oxygen atoms in total. The maximum absolute atomic E-state index is 13.4. The Morgan fingerprint density at radius 1 is 0.680 bits per heavy atom. The van der Waals surface area contributed by atoms with E-state index >= 15 is 0 Å². The molecule has 2 aromatic carbocycles. The van der Waals surface area contributed by atoms with Crippen LogP contribution in [0.15, 0.2) is 58.8 Å². The molecule has 4 aromatic rings. The molecule has 0 amide bonds. The predicted molar refractivity (Wildman–Crippen MR) is 193 cm³/mol. The fraction of sp³-hybridized carbons (Fsp3) is 0.471. The van der Waals surface area contributed by atoms with Gasteiger partial charge >= 0.3 is 11.9 Å². The number of carbonyl (C=O) groups is 2. The molecule has 2 saturated heterocycles. The van der Waals surface area contributed by atoms with Gasteiger partial charge < -0.3 is 0 Å². The lowest BCUT2D eigenvalue weighted by Crippen LogP contribution is -2.57. The molecule has 0 spiro atoms. The van der Waals surface area contributed by atoms with Gasteiger partial charge in [0.1, 0.15) is 50.9 Å². The van der Waals surface area contributed by atoms with Crippen molar-refractivity contribution in [2.45, 2.75) is 62.7 Å². The molecule has 0 radical (unpaired) electrons. The summed E-state index contributed by atoms with van der Waals surface area (Å²) < 4.78 is 3.70. The van der Waals surface area contributed by atoms with E-state index < -0.39 is 11.9 Å². The van der Waals surface area contributed by atoms with Crippen LogP contribution in [0.5, 0.6) is 0 Å². The van der Waals surface area contributed by atoms with Crippen molar-refractivity contribution in [3.8, 4) is 11.4 Å². The van der Waals surface area contributed by atoms with Crippen molar-refractivity contribution < 1.29 is 28.6 Å². The first kappa shape index (κ1) is 36.6. The first-order valence-electron chi connectivity index (χ1n) is 17.0. The fourth-order valence-electron chi connectivity index (χ4n) is 6.49. The van der Waals surface area contributed by atoms with Gasteiger partial charge in [-0.1, -0.05) is 58.9 Å². The van der Waals surface area contributed by atoms with Crippen LogP contribution in [-0.2, 0) is 19.3 Å². The van der Waals surface area contributed by atoms with Crippen molar-refractivity contribution >= 4 is 58.7 Å². The van der Waals surface area contributed by atoms with E-state index in [1.807, 2.05) is 62.4 Å². The fourth-order valence-corrected chi connectivity index (χ4v) is 8.74. The van der Waals surface area contributed by atoms with Gasteiger partial charge in [-0.05, 0) is 63.1 Å². The van der Waals surface area contributed by atoms with Gasteiger partial charge in [0.15, 0.2) is 0 Å². The van der Waals surface area contributed by atoms with E-state index in [1.165, 1.54) is 23.5 Å². The number of halogens is 2. The highest BCUT2D eigenvalue weighted by Gasteiger charge is 2.43. The monoisotopic (exact) mass is 760 g/mol. The zero-order valence-corrected chi connectivity index (χ0v) is 31.4. The molecule has 6 rings (SSSR count). The van der Waals surface area contributed by atoms with Crippen molar-refractivity contribution in [2.24, 2.45) is 0 Å². The van der Waals surface area contributed by atoms with Crippen LogP contribution >= 0.6 is 46.7 Å². The second-order valence-electron chi connectivity index (χ2n) is 12.7. The number of thioether (sulfide) groups is 2. The molecule has 0 aliphatic carbocycles. The van der Waals surface area contributed by atoms with E-state index in [4.69, 9.17) is 32.9 Å². The van der Waals surface area contributed by atoms with Crippen molar-refractivity contribution in [3.05, 3.63) is 70.2 Å². The van der Waals surface area contributed by atoms with Gasteiger partial charge in [-0.3, -0.25) is 9.68 Å². The summed E-state index contributed by atoms with van der Waals surface area (Å²) in [6, 6.07) is 14.9. The largest absolute Gasteiger partial charge is 0.480 e. The highest BCUT2D eigenvalue weighted by Crippen LogP contribution is 2.27. The number of aryl methyl sites for hydroxylation is 2. The maximum Gasteiger partial charge on any atom is 0.480 e. The third kappa shape index (κ3) is 9.20. The van der Waals surface area contributed by atoms with Gasteiger partial charge in [0.25, 0.3) is 0 Å². The molecular weight excluding hydrogens is 719 g/mol. The molecule has 2 aliphatic rings. The number of nitrogens with zero attached hydrogens (tertiary/aromatic N) is 8. The quantitative estimate of drug-likeness (QED) is 0.0893. The molecule has 4 heterocycles. The number of likely N-dealkylation sites (tertiary alicyclic amines) is 2. The minimum atomic E-state index is -0.940. The Balaban J connectivity index is 1.05. The molecule has 0 saturated carbocycles. The summed E-state index contributed by atoms with van der Waals surface area (Å²) in [6.45, 7) is 7.44. The number of carbonyl (C=O) groups excluding carboxylic acids is 2.